The monoisotopic (exact) mass is 296 g/mol. The van der Waals surface area contributed by atoms with Crippen LogP contribution in [0.2, 0.25) is 0 Å². The van der Waals surface area contributed by atoms with Gasteiger partial charge in [-0.3, -0.25) is 4.90 Å². The molecule has 1 aromatic carbocycles. The molecule has 0 radical (unpaired) electrons. The molecule has 0 amide bonds. The van der Waals surface area contributed by atoms with Crippen LogP contribution < -0.4 is 5.32 Å². The lowest BCUT2D eigenvalue weighted by atomic mass is 9.94. The van der Waals surface area contributed by atoms with Gasteiger partial charge in [-0.2, -0.15) is 0 Å². The van der Waals surface area contributed by atoms with Gasteiger partial charge in [0.25, 0.3) is 0 Å². The molecule has 0 aromatic heterocycles. The van der Waals surface area contributed by atoms with Gasteiger partial charge in [-0.1, -0.05) is 36.9 Å². The van der Waals surface area contributed by atoms with E-state index in [2.05, 4.69) is 67.9 Å². The number of benzene rings is 1. The lowest BCUT2D eigenvalue weighted by molar-refractivity contribution is 0.233. The van der Waals surface area contributed by atoms with Crippen molar-refractivity contribution in [1.82, 2.24) is 10.2 Å². The highest BCUT2D eigenvalue weighted by molar-refractivity contribution is 5.79. The van der Waals surface area contributed by atoms with Gasteiger partial charge >= 0.3 is 0 Å². The standard InChI is InChI=1S/C20H28N2/c1-5-7-16(3)19(6-2)20-14-18(9-8-17(20)4)15-22-12-10-21-11-13-22/h5-9,14,21H,2,10-13,15H2,1,3-4H3/b7-5-,19-16+. The van der Waals surface area contributed by atoms with Crippen LogP contribution in [-0.2, 0) is 6.54 Å². The van der Waals surface area contributed by atoms with Gasteiger partial charge in [0.15, 0.2) is 0 Å². The highest BCUT2D eigenvalue weighted by Crippen LogP contribution is 2.25. The second-order valence-corrected chi connectivity index (χ2v) is 5.98. The second kappa shape index (κ2) is 8.11. The van der Waals surface area contributed by atoms with Gasteiger partial charge in [0, 0.05) is 32.7 Å². The van der Waals surface area contributed by atoms with E-state index in [9.17, 15) is 0 Å². The summed E-state index contributed by atoms with van der Waals surface area (Å²) in [7, 11) is 0. The minimum atomic E-state index is 1.03. The molecule has 0 bridgehead atoms. The van der Waals surface area contributed by atoms with E-state index in [1.54, 1.807) is 0 Å². The second-order valence-electron chi connectivity index (χ2n) is 5.98. The molecule has 1 aliphatic rings. The van der Waals surface area contributed by atoms with E-state index in [-0.39, 0.29) is 0 Å². The van der Waals surface area contributed by atoms with E-state index in [4.69, 9.17) is 0 Å². The normalized spacial score (nSPS) is 17.6. The zero-order valence-electron chi connectivity index (χ0n) is 14.2. The van der Waals surface area contributed by atoms with E-state index in [1.165, 1.54) is 27.8 Å². The first-order valence-corrected chi connectivity index (χ1v) is 8.14. The lowest BCUT2D eigenvalue weighted by Gasteiger charge is -2.27. The molecule has 1 fully saturated rings. The summed E-state index contributed by atoms with van der Waals surface area (Å²) in [6, 6.07) is 6.83. The van der Waals surface area contributed by atoms with Gasteiger partial charge in [0.05, 0.1) is 0 Å². The first-order valence-electron chi connectivity index (χ1n) is 8.14. The molecule has 0 atom stereocenters. The van der Waals surface area contributed by atoms with Crippen LogP contribution in [0.1, 0.15) is 30.5 Å². The van der Waals surface area contributed by atoms with Gasteiger partial charge in [0.1, 0.15) is 0 Å². The van der Waals surface area contributed by atoms with Gasteiger partial charge in [-0.15, -0.1) is 0 Å². The molecule has 1 aromatic rings. The highest BCUT2D eigenvalue weighted by Gasteiger charge is 2.11. The molecule has 0 unspecified atom stereocenters. The highest BCUT2D eigenvalue weighted by atomic mass is 15.2. The Hall–Kier alpha value is -1.64. The summed E-state index contributed by atoms with van der Waals surface area (Å²) in [4.78, 5) is 2.51. The maximum Gasteiger partial charge on any atom is 0.0235 e. The molecular formula is C20H28N2. The Kier molecular flexibility index (Phi) is 6.17. The molecule has 1 heterocycles. The third-order valence-corrected chi connectivity index (χ3v) is 4.25. The van der Waals surface area contributed by atoms with Crippen molar-refractivity contribution in [2.45, 2.75) is 27.3 Å². The number of nitrogens with zero attached hydrogens (tertiary/aromatic N) is 1. The number of piperazine rings is 1. The van der Waals surface area contributed by atoms with Gasteiger partial charge in [0.2, 0.25) is 0 Å². The maximum absolute atomic E-state index is 4.02. The topological polar surface area (TPSA) is 15.3 Å². The lowest BCUT2D eigenvalue weighted by Crippen LogP contribution is -2.42. The number of nitrogens with one attached hydrogen (secondary N) is 1. The summed E-state index contributed by atoms with van der Waals surface area (Å²) in [5, 5.41) is 3.41. The van der Waals surface area contributed by atoms with Crippen molar-refractivity contribution in [3.63, 3.8) is 0 Å². The zero-order chi connectivity index (χ0) is 15.9. The van der Waals surface area contributed by atoms with E-state index >= 15 is 0 Å². The fraction of sp³-hybridized carbons (Fsp3) is 0.400. The average Bonchev–Trinajstić information content (AvgIpc) is 2.52. The SMILES string of the molecule is C=C/C(=C(C)\C=C/C)c1cc(CN2CCNCC2)ccc1C. The number of aryl methyl sites for hydroxylation is 1. The Morgan fingerprint density at radius 2 is 2.05 bits per heavy atom. The van der Waals surface area contributed by atoms with Crippen molar-refractivity contribution < 1.29 is 0 Å². The van der Waals surface area contributed by atoms with Crippen LogP contribution in [0.25, 0.3) is 5.57 Å². The van der Waals surface area contributed by atoms with Crippen molar-refractivity contribution in [3.05, 3.63) is 65.3 Å². The van der Waals surface area contributed by atoms with Crippen molar-refractivity contribution in [2.75, 3.05) is 26.2 Å². The zero-order valence-corrected chi connectivity index (χ0v) is 14.2. The molecule has 0 aliphatic carbocycles. The van der Waals surface area contributed by atoms with Crippen molar-refractivity contribution >= 4 is 5.57 Å². The first kappa shape index (κ1) is 16.7. The van der Waals surface area contributed by atoms with Gasteiger partial charge in [-0.05, 0) is 54.7 Å². The molecule has 2 nitrogen and oxygen atoms in total. The van der Waals surface area contributed by atoms with Crippen LogP contribution in [0.4, 0.5) is 0 Å². The molecule has 0 spiro atoms. The maximum atomic E-state index is 4.02. The quantitative estimate of drug-likeness (QED) is 0.828. The summed E-state index contributed by atoms with van der Waals surface area (Å²) >= 11 is 0. The molecule has 1 saturated heterocycles. The minimum Gasteiger partial charge on any atom is -0.314 e. The number of allylic oxidation sites excluding steroid dienone is 5. The number of hydrogen-bond donors (Lipinski definition) is 1. The molecule has 2 heteroatoms. The molecule has 22 heavy (non-hydrogen) atoms. The first-order chi connectivity index (χ1) is 10.7. The van der Waals surface area contributed by atoms with Crippen molar-refractivity contribution in [3.8, 4) is 0 Å². The van der Waals surface area contributed by atoms with E-state index < -0.39 is 0 Å². The van der Waals surface area contributed by atoms with Gasteiger partial charge in [-0.25, -0.2) is 0 Å². The van der Waals surface area contributed by atoms with E-state index in [0.29, 0.717) is 0 Å². The predicted octanol–water partition coefficient (Wildman–Crippen LogP) is 3.94. The third-order valence-electron chi connectivity index (χ3n) is 4.25. The summed E-state index contributed by atoms with van der Waals surface area (Å²) in [5.74, 6) is 0. The van der Waals surface area contributed by atoms with Crippen LogP contribution in [0.3, 0.4) is 0 Å². The van der Waals surface area contributed by atoms with Gasteiger partial charge < -0.3 is 5.32 Å². The summed E-state index contributed by atoms with van der Waals surface area (Å²) in [6.45, 7) is 15.9. The number of hydrogen-bond acceptors (Lipinski definition) is 2. The minimum absolute atomic E-state index is 1.03. The third kappa shape index (κ3) is 4.19. The van der Waals surface area contributed by atoms with Crippen LogP contribution in [-0.4, -0.2) is 31.1 Å². The Morgan fingerprint density at radius 3 is 2.68 bits per heavy atom. The average molecular weight is 296 g/mol. The van der Waals surface area contributed by atoms with Crippen LogP contribution in [0.15, 0.2) is 48.6 Å². The summed E-state index contributed by atoms with van der Waals surface area (Å²) in [6.07, 6.45) is 6.21. The van der Waals surface area contributed by atoms with E-state index in [0.717, 1.165) is 32.7 Å². The fourth-order valence-electron chi connectivity index (χ4n) is 3.01. The molecule has 1 N–H and O–H groups in total. The predicted molar refractivity (Wildman–Crippen MR) is 96.9 cm³/mol. The Labute approximate surface area is 135 Å². The van der Waals surface area contributed by atoms with Crippen molar-refractivity contribution in [1.29, 1.82) is 0 Å². The molecule has 0 saturated carbocycles. The van der Waals surface area contributed by atoms with Crippen LogP contribution in [0, 0.1) is 6.92 Å². The molecular weight excluding hydrogens is 268 g/mol. The Morgan fingerprint density at radius 1 is 1.32 bits per heavy atom. The van der Waals surface area contributed by atoms with Crippen molar-refractivity contribution in [2.24, 2.45) is 0 Å². The van der Waals surface area contributed by atoms with E-state index in [1.807, 2.05) is 6.08 Å². The number of rotatable bonds is 5. The fourth-order valence-corrected chi connectivity index (χ4v) is 3.01. The largest absolute Gasteiger partial charge is 0.314 e. The summed E-state index contributed by atoms with van der Waals surface area (Å²) < 4.78 is 0. The van der Waals surface area contributed by atoms with Crippen LogP contribution >= 0.6 is 0 Å². The molecule has 2 rings (SSSR count). The Bertz CT molecular complexity index is 575. The summed E-state index contributed by atoms with van der Waals surface area (Å²) in [5.41, 5.74) is 6.49. The smallest absolute Gasteiger partial charge is 0.0235 e. The Balaban J connectivity index is 2.29. The molecule has 118 valence electrons. The van der Waals surface area contributed by atoms with Crippen LogP contribution in [0.5, 0.6) is 0 Å². The molecule has 1 aliphatic heterocycles.